The Kier molecular flexibility index (Phi) is 14.4. The van der Waals surface area contributed by atoms with Gasteiger partial charge in [-0.15, -0.1) is 0 Å². The molecule has 1 aromatic rings. The molecule has 3 nitrogen and oxygen atoms in total. The second-order valence-corrected chi connectivity index (χ2v) is 4.78. The molecule has 0 aromatic carbocycles. The molecule has 0 radical (unpaired) electrons. The van der Waals surface area contributed by atoms with Crippen molar-refractivity contribution in [1.82, 2.24) is 15.2 Å². The number of rotatable bonds is 3. The Morgan fingerprint density at radius 3 is 1.68 bits per heavy atom. The van der Waals surface area contributed by atoms with Gasteiger partial charge in [-0.1, -0.05) is 45.6 Å². The Morgan fingerprint density at radius 2 is 1.47 bits per heavy atom. The Balaban J connectivity index is 0.000000257. The molecule has 0 amide bonds. The molecule has 2 rings (SSSR count). The lowest BCUT2D eigenvalue weighted by Gasteiger charge is -2.21. The van der Waals surface area contributed by atoms with E-state index in [-0.39, 0.29) is 0 Å². The van der Waals surface area contributed by atoms with Crippen LogP contribution in [0.5, 0.6) is 0 Å². The maximum absolute atomic E-state index is 3.78. The molecule has 2 heterocycles. The van der Waals surface area contributed by atoms with E-state index in [1.165, 1.54) is 38.8 Å². The number of piperazine rings is 1. The number of unbranched alkanes of at least 4 members (excludes halogenated alkanes) is 3. The smallest absolute Gasteiger partial charge is 0.0267 e. The van der Waals surface area contributed by atoms with Gasteiger partial charge >= 0.3 is 0 Å². The highest BCUT2D eigenvalue weighted by molar-refractivity contribution is 4.88. The highest BCUT2D eigenvalue weighted by Gasteiger charge is 2.01. The zero-order chi connectivity index (χ0) is 14.2. The van der Waals surface area contributed by atoms with E-state index >= 15 is 0 Å². The third-order valence-corrected chi connectivity index (χ3v) is 2.86. The maximum Gasteiger partial charge on any atom is 0.0267 e. The van der Waals surface area contributed by atoms with Gasteiger partial charge in [0.2, 0.25) is 0 Å². The molecule has 0 unspecified atom stereocenters. The highest BCUT2D eigenvalue weighted by Crippen LogP contribution is 1.95. The van der Waals surface area contributed by atoms with Crippen LogP contribution in [0.4, 0.5) is 0 Å². The Labute approximate surface area is 119 Å². The van der Waals surface area contributed by atoms with E-state index in [0.29, 0.717) is 0 Å². The van der Waals surface area contributed by atoms with Crippen LogP contribution in [0, 0.1) is 0 Å². The number of nitrogens with zero attached hydrogens (tertiary/aromatic N) is 2. The van der Waals surface area contributed by atoms with Crippen LogP contribution < -0.4 is 5.32 Å². The van der Waals surface area contributed by atoms with Gasteiger partial charge in [0.1, 0.15) is 0 Å². The largest absolute Gasteiger partial charge is 0.314 e. The van der Waals surface area contributed by atoms with Crippen LogP contribution in [-0.2, 0) is 0 Å². The van der Waals surface area contributed by atoms with Crippen molar-refractivity contribution < 1.29 is 0 Å². The average Bonchev–Trinajstić information content (AvgIpc) is 2.49. The van der Waals surface area contributed by atoms with Crippen LogP contribution in [-0.4, -0.2) is 43.1 Å². The molecule has 1 aliphatic rings. The molecule has 1 aromatic heterocycles. The van der Waals surface area contributed by atoms with E-state index in [9.17, 15) is 0 Å². The van der Waals surface area contributed by atoms with Crippen LogP contribution in [0.2, 0.25) is 0 Å². The van der Waals surface area contributed by atoms with Crippen molar-refractivity contribution in [3.05, 3.63) is 30.6 Å². The minimum Gasteiger partial charge on any atom is -0.314 e. The minimum absolute atomic E-state index is 1.16. The number of hydrogen-bond acceptors (Lipinski definition) is 3. The van der Waals surface area contributed by atoms with E-state index < -0.39 is 0 Å². The molecule has 3 heteroatoms. The summed E-state index contributed by atoms with van der Waals surface area (Å²) in [6.45, 7) is 9.21. The quantitative estimate of drug-likeness (QED) is 0.851. The molecule has 1 saturated heterocycles. The van der Waals surface area contributed by atoms with Gasteiger partial charge in [0.25, 0.3) is 0 Å². The summed E-state index contributed by atoms with van der Waals surface area (Å²) in [7, 11) is 2.15. The zero-order valence-electron chi connectivity index (χ0n) is 12.9. The van der Waals surface area contributed by atoms with Gasteiger partial charge in [0.05, 0.1) is 0 Å². The lowest BCUT2D eigenvalue weighted by Crippen LogP contribution is -2.40. The fourth-order valence-electron chi connectivity index (χ4n) is 1.59. The first-order valence-electron chi connectivity index (χ1n) is 7.55. The molecule has 110 valence electrons. The van der Waals surface area contributed by atoms with Crippen LogP contribution in [0.15, 0.2) is 30.6 Å². The number of hydrogen-bond donors (Lipinski definition) is 1. The van der Waals surface area contributed by atoms with E-state index in [1.807, 2.05) is 18.2 Å². The molecule has 1 aliphatic heterocycles. The van der Waals surface area contributed by atoms with Gasteiger partial charge in [-0.25, -0.2) is 0 Å². The van der Waals surface area contributed by atoms with Gasteiger partial charge in [-0.05, 0) is 19.2 Å². The van der Waals surface area contributed by atoms with Gasteiger partial charge < -0.3 is 10.2 Å². The normalized spacial score (nSPS) is 14.7. The zero-order valence-corrected chi connectivity index (χ0v) is 12.9. The topological polar surface area (TPSA) is 28.2 Å². The van der Waals surface area contributed by atoms with Crippen molar-refractivity contribution in [1.29, 1.82) is 0 Å². The Morgan fingerprint density at radius 1 is 0.947 bits per heavy atom. The van der Waals surface area contributed by atoms with Crippen molar-refractivity contribution in [2.75, 3.05) is 33.2 Å². The molecule has 0 saturated carbocycles. The van der Waals surface area contributed by atoms with E-state index in [0.717, 1.165) is 13.1 Å². The fraction of sp³-hybridized carbons (Fsp3) is 0.688. The van der Waals surface area contributed by atoms with E-state index in [1.54, 1.807) is 12.4 Å². The van der Waals surface area contributed by atoms with Crippen LogP contribution in [0.3, 0.4) is 0 Å². The van der Waals surface area contributed by atoms with Crippen molar-refractivity contribution >= 4 is 0 Å². The monoisotopic (exact) mass is 265 g/mol. The van der Waals surface area contributed by atoms with Gasteiger partial charge in [-0.2, -0.15) is 0 Å². The predicted molar refractivity (Wildman–Crippen MR) is 84.4 cm³/mol. The minimum atomic E-state index is 1.16. The summed E-state index contributed by atoms with van der Waals surface area (Å²) in [5, 5.41) is 3.27. The van der Waals surface area contributed by atoms with Crippen LogP contribution in [0.1, 0.15) is 39.5 Å². The second-order valence-electron chi connectivity index (χ2n) is 4.78. The summed E-state index contributed by atoms with van der Waals surface area (Å²) in [6, 6.07) is 5.72. The Hall–Kier alpha value is -0.930. The lowest BCUT2D eigenvalue weighted by atomic mass is 10.2. The molecule has 1 N–H and O–H groups in total. The molecule has 0 bridgehead atoms. The summed E-state index contributed by atoms with van der Waals surface area (Å²) in [4.78, 5) is 6.11. The second kappa shape index (κ2) is 15.1. The molecular formula is C16H31N3. The maximum atomic E-state index is 3.78. The standard InChI is InChI=1S/C6H14.C5H12N2.C5H5N/c1-3-5-6-4-2;1-7-4-2-6-3-5-7;1-2-4-6-5-3-1/h3-6H2,1-2H3;6H,2-5H2,1H3;1-5H. The van der Waals surface area contributed by atoms with E-state index in [2.05, 4.69) is 36.1 Å². The van der Waals surface area contributed by atoms with Crippen molar-refractivity contribution in [2.24, 2.45) is 0 Å². The van der Waals surface area contributed by atoms with Crippen molar-refractivity contribution in [3.8, 4) is 0 Å². The van der Waals surface area contributed by atoms with Crippen LogP contribution >= 0.6 is 0 Å². The number of pyridine rings is 1. The van der Waals surface area contributed by atoms with Crippen molar-refractivity contribution in [3.63, 3.8) is 0 Å². The molecule has 19 heavy (non-hydrogen) atoms. The third kappa shape index (κ3) is 15.0. The number of aromatic nitrogens is 1. The van der Waals surface area contributed by atoms with Crippen molar-refractivity contribution in [2.45, 2.75) is 39.5 Å². The van der Waals surface area contributed by atoms with Gasteiger partial charge in [0.15, 0.2) is 0 Å². The first-order valence-corrected chi connectivity index (χ1v) is 7.55. The molecule has 1 fully saturated rings. The summed E-state index contributed by atoms with van der Waals surface area (Å²) in [6.07, 6.45) is 9.04. The summed E-state index contributed by atoms with van der Waals surface area (Å²) < 4.78 is 0. The number of nitrogens with one attached hydrogen (secondary N) is 1. The molecular weight excluding hydrogens is 234 g/mol. The highest BCUT2D eigenvalue weighted by atomic mass is 15.2. The van der Waals surface area contributed by atoms with Gasteiger partial charge in [0, 0.05) is 38.6 Å². The first-order chi connectivity index (χ1) is 9.31. The number of likely N-dealkylation sites (N-methyl/N-ethyl adjacent to an activating group) is 1. The van der Waals surface area contributed by atoms with Crippen LogP contribution in [0.25, 0.3) is 0 Å². The summed E-state index contributed by atoms with van der Waals surface area (Å²) >= 11 is 0. The SMILES string of the molecule is CCCCCC.CN1CCNCC1.c1ccncc1. The predicted octanol–water partition coefficient (Wildman–Crippen LogP) is 3.19. The fourth-order valence-corrected chi connectivity index (χ4v) is 1.59. The first kappa shape index (κ1) is 18.1. The average molecular weight is 265 g/mol. The molecule has 0 spiro atoms. The summed E-state index contributed by atoms with van der Waals surface area (Å²) in [5.74, 6) is 0. The van der Waals surface area contributed by atoms with E-state index in [4.69, 9.17) is 0 Å². The Bertz CT molecular complexity index is 215. The summed E-state index contributed by atoms with van der Waals surface area (Å²) in [5.41, 5.74) is 0. The van der Waals surface area contributed by atoms with Gasteiger partial charge in [-0.3, -0.25) is 4.98 Å². The molecule has 0 aliphatic carbocycles. The third-order valence-electron chi connectivity index (χ3n) is 2.86. The molecule has 0 atom stereocenters. The lowest BCUT2D eigenvalue weighted by molar-refractivity contribution is 0.291.